The van der Waals surface area contributed by atoms with Gasteiger partial charge in [0.05, 0.1) is 5.69 Å². The lowest BCUT2D eigenvalue weighted by Crippen LogP contribution is -1.92. The molecular weight excluding hydrogens is 208 g/mol. The molecule has 0 saturated heterocycles. The van der Waals surface area contributed by atoms with E-state index in [0.29, 0.717) is 0 Å². The fourth-order valence-corrected chi connectivity index (χ4v) is 1.56. The van der Waals surface area contributed by atoms with Crippen LogP contribution in [0.2, 0.25) is 0 Å². The first kappa shape index (κ1) is 13.4. The molecule has 2 rings (SSSR count). The van der Waals surface area contributed by atoms with Crippen LogP contribution in [-0.2, 0) is 6.42 Å². The highest BCUT2D eigenvalue weighted by Crippen LogP contribution is 2.16. The molecule has 2 heteroatoms. The van der Waals surface area contributed by atoms with E-state index in [1.807, 2.05) is 32.0 Å². The zero-order valence-corrected chi connectivity index (χ0v) is 10.9. The molecule has 0 aliphatic heterocycles. The van der Waals surface area contributed by atoms with E-state index < -0.39 is 0 Å². The zero-order chi connectivity index (χ0) is 12.5. The summed E-state index contributed by atoms with van der Waals surface area (Å²) in [5.74, 6) is 0. The summed E-state index contributed by atoms with van der Waals surface area (Å²) in [6, 6.07) is 12.3. The van der Waals surface area contributed by atoms with Gasteiger partial charge in [0.1, 0.15) is 6.33 Å². The van der Waals surface area contributed by atoms with Gasteiger partial charge in [-0.25, -0.2) is 9.97 Å². The summed E-state index contributed by atoms with van der Waals surface area (Å²) in [6.07, 6.45) is 3.78. The molecule has 0 aliphatic carbocycles. The van der Waals surface area contributed by atoms with Gasteiger partial charge in [-0.15, -0.1) is 0 Å². The average Bonchev–Trinajstić information content (AvgIpc) is 2.43. The minimum Gasteiger partial charge on any atom is -0.241 e. The summed E-state index contributed by atoms with van der Waals surface area (Å²) in [7, 11) is 0. The molecule has 2 aromatic rings. The Morgan fingerprint density at radius 3 is 2.35 bits per heavy atom. The number of hydrogen-bond acceptors (Lipinski definition) is 2. The van der Waals surface area contributed by atoms with Gasteiger partial charge in [0, 0.05) is 11.3 Å². The average molecular weight is 228 g/mol. The van der Waals surface area contributed by atoms with Crippen molar-refractivity contribution in [2.24, 2.45) is 0 Å². The largest absolute Gasteiger partial charge is 0.241 e. The fraction of sp³-hybridized carbons (Fsp3) is 0.333. The summed E-state index contributed by atoms with van der Waals surface area (Å²) in [4.78, 5) is 8.52. The van der Waals surface area contributed by atoms with E-state index in [2.05, 4.69) is 35.1 Å². The first-order valence-electron chi connectivity index (χ1n) is 6.26. The van der Waals surface area contributed by atoms with Crippen molar-refractivity contribution in [3.05, 3.63) is 48.4 Å². The highest BCUT2D eigenvalue weighted by Gasteiger charge is 2.00. The second kappa shape index (κ2) is 7.55. The van der Waals surface area contributed by atoms with E-state index >= 15 is 0 Å². The molecule has 0 aliphatic rings. The second-order valence-corrected chi connectivity index (χ2v) is 3.51. The van der Waals surface area contributed by atoms with Crippen molar-refractivity contribution in [2.45, 2.75) is 33.6 Å². The number of rotatable bonds is 3. The van der Waals surface area contributed by atoms with Crippen LogP contribution >= 0.6 is 0 Å². The summed E-state index contributed by atoms with van der Waals surface area (Å²) < 4.78 is 0. The predicted octanol–water partition coefficient (Wildman–Crippen LogP) is 4.12. The van der Waals surface area contributed by atoms with Crippen LogP contribution in [-0.4, -0.2) is 9.97 Å². The lowest BCUT2D eigenvalue weighted by atomic mass is 10.1. The highest BCUT2D eigenvalue weighted by molar-refractivity contribution is 5.58. The van der Waals surface area contributed by atoms with Crippen molar-refractivity contribution >= 4 is 0 Å². The molecule has 0 bridgehead atoms. The summed E-state index contributed by atoms with van der Waals surface area (Å²) in [5.41, 5.74) is 3.28. The molecule has 0 saturated carbocycles. The van der Waals surface area contributed by atoms with Crippen LogP contribution in [0.25, 0.3) is 11.3 Å². The Morgan fingerprint density at radius 1 is 1.00 bits per heavy atom. The van der Waals surface area contributed by atoms with Gasteiger partial charge in [-0.2, -0.15) is 0 Å². The third kappa shape index (κ3) is 3.99. The van der Waals surface area contributed by atoms with Gasteiger partial charge in [0.25, 0.3) is 0 Å². The first-order chi connectivity index (χ1) is 8.40. The molecule has 0 spiro atoms. The van der Waals surface area contributed by atoms with Crippen molar-refractivity contribution in [1.82, 2.24) is 9.97 Å². The van der Waals surface area contributed by atoms with Gasteiger partial charge in [-0.1, -0.05) is 57.5 Å². The standard InChI is InChI=1S/C13H14N2.C2H6/c1-2-6-12-9-13(15-10-14-12)11-7-4-3-5-8-11;1-2/h3-5,7-10H,2,6H2,1H3;1-2H3. The summed E-state index contributed by atoms with van der Waals surface area (Å²) >= 11 is 0. The van der Waals surface area contributed by atoms with Gasteiger partial charge >= 0.3 is 0 Å². The second-order valence-electron chi connectivity index (χ2n) is 3.51. The maximum atomic E-state index is 4.28. The van der Waals surface area contributed by atoms with Gasteiger partial charge in [-0.05, 0) is 12.5 Å². The Hall–Kier alpha value is -1.70. The van der Waals surface area contributed by atoms with Gasteiger partial charge in [-0.3, -0.25) is 0 Å². The highest BCUT2D eigenvalue weighted by atomic mass is 14.8. The summed E-state index contributed by atoms with van der Waals surface area (Å²) in [6.45, 7) is 6.16. The van der Waals surface area contributed by atoms with Crippen LogP contribution in [0.5, 0.6) is 0 Å². The molecule has 0 unspecified atom stereocenters. The van der Waals surface area contributed by atoms with Crippen LogP contribution in [0.3, 0.4) is 0 Å². The molecule has 90 valence electrons. The van der Waals surface area contributed by atoms with E-state index in [0.717, 1.165) is 29.8 Å². The van der Waals surface area contributed by atoms with E-state index in [1.165, 1.54) is 0 Å². The van der Waals surface area contributed by atoms with Crippen LogP contribution < -0.4 is 0 Å². The molecule has 0 N–H and O–H groups in total. The SMILES string of the molecule is CC.CCCc1cc(-c2ccccc2)ncn1. The minimum absolute atomic E-state index is 1.01. The van der Waals surface area contributed by atoms with Crippen molar-refractivity contribution < 1.29 is 0 Å². The number of aryl methyl sites for hydroxylation is 1. The lowest BCUT2D eigenvalue weighted by molar-refractivity contribution is 0.873. The third-order valence-corrected chi connectivity index (χ3v) is 2.30. The van der Waals surface area contributed by atoms with Crippen LogP contribution in [0, 0.1) is 0 Å². The number of benzene rings is 1. The number of aromatic nitrogens is 2. The minimum atomic E-state index is 1.01. The van der Waals surface area contributed by atoms with Crippen molar-refractivity contribution in [1.29, 1.82) is 0 Å². The molecule has 1 heterocycles. The molecule has 2 nitrogen and oxygen atoms in total. The number of hydrogen-bond donors (Lipinski definition) is 0. The molecule has 0 amide bonds. The van der Waals surface area contributed by atoms with E-state index in [9.17, 15) is 0 Å². The fourth-order valence-electron chi connectivity index (χ4n) is 1.56. The van der Waals surface area contributed by atoms with Gasteiger partial charge in [0.2, 0.25) is 0 Å². The lowest BCUT2D eigenvalue weighted by Gasteiger charge is -2.02. The topological polar surface area (TPSA) is 25.8 Å². The molecule has 0 radical (unpaired) electrons. The Morgan fingerprint density at radius 2 is 1.71 bits per heavy atom. The Bertz CT molecular complexity index is 424. The van der Waals surface area contributed by atoms with Gasteiger partial charge in [0.15, 0.2) is 0 Å². The van der Waals surface area contributed by atoms with E-state index in [-0.39, 0.29) is 0 Å². The number of nitrogens with zero attached hydrogens (tertiary/aromatic N) is 2. The van der Waals surface area contributed by atoms with Crippen molar-refractivity contribution in [3.8, 4) is 11.3 Å². The molecule has 1 aromatic heterocycles. The van der Waals surface area contributed by atoms with Crippen LogP contribution in [0.4, 0.5) is 0 Å². The molecule has 0 atom stereocenters. The Labute approximate surface area is 104 Å². The van der Waals surface area contributed by atoms with Crippen LogP contribution in [0.15, 0.2) is 42.7 Å². The third-order valence-electron chi connectivity index (χ3n) is 2.30. The van der Waals surface area contributed by atoms with E-state index in [1.54, 1.807) is 6.33 Å². The maximum absolute atomic E-state index is 4.28. The van der Waals surface area contributed by atoms with Crippen molar-refractivity contribution in [3.63, 3.8) is 0 Å². The maximum Gasteiger partial charge on any atom is 0.116 e. The molecule has 1 aromatic carbocycles. The zero-order valence-electron chi connectivity index (χ0n) is 10.9. The molecular formula is C15H20N2. The van der Waals surface area contributed by atoms with Crippen molar-refractivity contribution in [2.75, 3.05) is 0 Å². The Balaban J connectivity index is 0.000000686. The summed E-state index contributed by atoms with van der Waals surface area (Å²) in [5, 5.41) is 0. The smallest absolute Gasteiger partial charge is 0.116 e. The monoisotopic (exact) mass is 228 g/mol. The van der Waals surface area contributed by atoms with Gasteiger partial charge < -0.3 is 0 Å². The van der Waals surface area contributed by atoms with Crippen LogP contribution in [0.1, 0.15) is 32.9 Å². The predicted molar refractivity (Wildman–Crippen MR) is 72.8 cm³/mol. The molecule has 17 heavy (non-hydrogen) atoms. The molecule has 0 fully saturated rings. The normalized spacial score (nSPS) is 9.35. The quantitative estimate of drug-likeness (QED) is 0.789. The Kier molecular flexibility index (Phi) is 5.94. The van der Waals surface area contributed by atoms with E-state index in [4.69, 9.17) is 0 Å². The first-order valence-corrected chi connectivity index (χ1v) is 6.26.